The molecule has 9 heteroatoms. The van der Waals surface area contributed by atoms with Gasteiger partial charge in [-0.1, -0.05) is 6.07 Å². The van der Waals surface area contributed by atoms with Crippen LogP contribution in [0.15, 0.2) is 24.3 Å². The summed E-state index contributed by atoms with van der Waals surface area (Å²) >= 11 is 0. The summed E-state index contributed by atoms with van der Waals surface area (Å²) < 4.78 is 13.2. The fourth-order valence-corrected chi connectivity index (χ4v) is 2.96. The number of carbonyl (C=O) groups is 3. The van der Waals surface area contributed by atoms with Gasteiger partial charge < -0.3 is 10.6 Å². The normalized spacial score (nSPS) is 16.5. The van der Waals surface area contributed by atoms with Crippen molar-refractivity contribution >= 4 is 23.5 Å². The number of anilines is 1. The summed E-state index contributed by atoms with van der Waals surface area (Å²) in [5.41, 5.74) is 0.423. The maximum atomic E-state index is 13.2. The minimum Gasteiger partial charge on any atom is -0.336 e. The number of hydrogen-bond donors (Lipinski definition) is 3. The van der Waals surface area contributed by atoms with E-state index in [1.54, 1.807) is 19.1 Å². The monoisotopic (exact) mass is 393 g/mol. The summed E-state index contributed by atoms with van der Waals surface area (Å²) in [5.74, 6) is -0.968. The summed E-state index contributed by atoms with van der Waals surface area (Å²) in [7, 11) is 0. The first-order chi connectivity index (χ1) is 13.2. The molecule has 1 fully saturated rings. The molecule has 0 radical (unpaired) electrons. The Kier molecular flexibility index (Phi) is 7.89. The van der Waals surface area contributed by atoms with E-state index in [0.717, 1.165) is 0 Å². The van der Waals surface area contributed by atoms with Crippen LogP contribution >= 0.6 is 0 Å². The fraction of sp³-hybridized carbons (Fsp3) is 0.526. The van der Waals surface area contributed by atoms with Crippen LogP contribution in [-0.2, 0) is 9.59 Å². The predicted octanol–water partition coefficient (Wildman–Crippen LogP) is 1.00. The Labute approximate surface area is 164 Å². The van der Waals surface area contributed by atoms with Gasteiger partial charge in [-0.05, 0) is 39.0 Å². The van der Waals surface area contributed by atoms with Crippen LogP contribution < -0.4 is 16.0 Å². The molecule has 1 atom stereocenters. The Morgan fingerprint density at radius 1 is 1.11 bits per heavy atom. The molecule has 0 aliphatic carbocycles. The molecule has 0 bridgehead atoms. The third-order valence-electron chi connectivity index (χ3n) is 4.47. The van der Waals surface area contributed by atoms with Gasteiger partial charge in [-0.3, -0.25) is 24.7 Å². The zero-order valence-corrected chi connectivity index (χ0v) is 16.5. The Hall–Kier alpha value is -2.52. The third-order valence-corrected chi connectivity index (χ3v) is 4.47. The van der Waals surface area contributed by atoms with Crippen LogP contribution in [0.4, 0.5) is 14.9 Å². The summed E-state index contributed by atoms with van der Waals surface area (Å²) in [6.07, 6.45) is 0. The number of rotatable bonds is 6. The Morgan fingerprint density at radius 2 is 1.79 bits per heavy atom. The highest BCUT2D eigenvalue weighted by molar-refractivity contribution is 5.95. The molecule has 8 nitrogen and oxygen atoms in total. The number of benzene rings is 1. The average molecular weight is 393 g/mol. The van der Waals surface area contributed by atoms with Crippen LogP contribution in [0.3, 0.4) is 0 Å². The average Bonchev–Trinajstić information content (AvgIpc) is 2.60. The van der Waals surface area contributed by atoms with E-state index in [9.17, 15) is 18.8 Å². The molecule has 0 aromatic heterocycles. The molecule has 2 rings (SSSR count). The smallest absolute Gasteiger partial charge is 0.321 e. The summed E-state index contributed by atoms with van der Waals surface area (Å²) in [6, 6.07) is 4.85. The molecule has 1 unspecified atom stereocenters. The highest BCUT2D eigenvalue weighted by Crippen LogP contribution is 2.12. The van der Waals surface area contributed by atoms with Crippen LogP contribution in [0.1, 0.15) is 20.8 Å². The molecular formula is C19H28FN5O3. The van der Waals surface area contributed by atoms with Gasteiger partial charge in [0.05, 0.1) is 12.6 Å². The molecule has 3 N–H and O–H groups in total. The zero-order valence-electron chi connectivity index (χ0n) is 16.5. The topological polar surface area (TPSA) is 93.8 Å². The molecule has 1 heterocycles. The number of nitrogens with one attached hydrogen (secondary N) is 3. The third kappa shape index (κ3) is 6.90. The van der Waals surface area contributed by atoms with Crippen molar-refractivity contribution in [3.63, 3.8) is 0 Å². The van der Waals surface area contributed by atoms with Gasteiger partial charge in [0, 0.05) is 37.9 Å². The maximum Gasteiger partial charge on any atom is 0.321 e. The van der Waals surface area contributed by atoms with E-state index in [1.165, 1.54) is 12.1 Å². The minimum atomic E-state index is -0.499. The van der Waals surface area contributed by atoms with E-state index in [1.807, 2.05) is 23.6 Å². The Balaban J connectivity index is 1.75. The number of piperazine rings is 1. The van der Waals surface area contributed by atoms with E-state index < -0.39 is 11.8 Å². The first kappa shape index (κ1) is 21.8. The van der Waals surface area contributed by atoms with Crippen molar-refractivity contribution in [3.05, 3.63) is 30.1 Å². The van der Waals surface area contributed by atoms with Crippen LogP contribution in [-0.4, -0.2) is 72.5 Å². The van der Waals surface area contributed by atoms with Crippen LogP contribution in [0.5, 0.6) is 0 Å². The van der Waals surface area contributed by atoms with Gasteiger partial charge >= 0.3 is 6.03 Å². The number of halogens is 1. The molecule has 1 aromatic rings. The Bertz CT molecular complexity index is 705. The van der Waals surface area contributed by atoms with E-state index in [4.69, 9.17) is 0 Å². The predicted molar refractivity (Wildman–Crippen MR) is 104 cm³/mol. The van der Waals surface area contributed by atoms with Crippen molar-refractivity contribution in [2.45, 2.75) is 32.9 Å². The fourth-order valence-electron chi connectivity index (χ4n) is 2.96. The van der Waals surface area contributed by atoms with Gasteiger partial charge in [-0.2, -0.15) is 0 Å². The highest BCUT2D eigenvalue weighted by atomic mass is 19.1. The second-order valence-electron chi connectivity index (χ2n) is 7.16. The number of amides is 4. The lowest BCUT2D eigenvalue weighted by Crippen LogP contribution is -2.55. The lowest BCUT2D eigenvalue weighted by atomic mass is 10.2. The van der Waals surface area contributed by atoms with Gasteiger partial charge in [0.25, 0.3) is 0 Å². The van der Waals surface area contributed by atoms with Crippen molar-refractivity contribution in [2.24, 2.45) is 0 Å². The zero-order chi connectivity index (χ0) is 20.7. The molecule has 1 saturated heterocycles. The highest BCUT2D eigenvalue weighted by Gasteiger charge is 2.26. The van der Waals surface area contributed by atoms with E-state index in [2.05, 4.69) is 16.0 Å². The molecule has 154 valence electrons. The lowest BCUT2D eigenvalue weighted by Gasteiger charge is -2.37. The summed E-state index contributed by atoms with van der Waals surface area (Å²) in [6.45, 7) is 8.00. The number of hydrogen-bond acceptors (Lipinski definition) is 5. The Morgan fingerprint density at radius 3 is 2.39 bits per heavy atom. The van der Waals surface area contributed by atoms with Crippen molar-refractivity contribution in [1.29, 1.82) is 0 Å². The van der Waals surface area contributed by atoms with E-state index in [0.29, 0.717) is 31.9 Å². The van der Waals surface area contributed by atoms with Crippen LogP contribution in [0.2, 0.25) is 0 Å². The molecule has 1 aromatic carbocycles. The largest absolute Gasteiger partial charge is 0.336 e. The lowest BCUT2D eigenvalue weighted by molar-refractivity contribution is -0.124. The van der Waals surface area contributed by atoms with Crippen LogP contribution in [0.25, 0.3) is 0 Å². The SMILES string of the molecule is CC(C)NC(=O)NC(=O)CN1CCN(C(C)C(=O)Nc2cccc(F)c2)CC1. The quantitative estimate of drug-likeness (QED) is 0.671. The van der Waals surface area contributed by atoms with Crippen molar-refractivity contribution < 1.29 is 18.8 Å². The van der Waals surface area contributed by atoms with Crippen molar-refractivity contribution in [2.75, 3.05) is 38.0 Å². The van der Waals surface area contributed by atoms with E-state index >= 15 is 0 Å². The van der Waals surface area contributed by atoms with Gasteiger partial charge in [-0.15, -0.1) is 0 Å². The van der Waals surface area contributed by atoms with E-state index in [-0.39, 0.29) is 30.4 Å². The van der Waals surface area contributed by atoms with Gasteiger partial charge in [0.1, 0.15) is 5.82 Å². The standard InChI is InChI=1S/C19H28FN5O3/c1-13(2)21-19(28)23-17(26)12-24-7-9-25(10-8-24)14(3)18(27)22-16-6-4-5-15(20)11-16/h4-6,11,13-14H,7-10,12H2,1-3H3,(H,22,27)(H2,21,23,26,28). The molecule has 1 aliphatic rings. The van der Waals surface area contributed by atoms with Gasteiger partial charge in [-0.25, -0.2) is 9.18 Å². The number of imide groups is 1. The number of carbonyl (C=O) groups excluding carboxylic acids is 3. The second kappa shape index (κ2) is 10.1. The van der Waals surface area contributed by atoms with Gasteiger partial charge in [0.15, 0.2) is 0 Å². The van der Waals surface area contributed by atoms with Gasteiger partial charge in [0.2, 0.25) is 11.8 Å². The van der Waals surface area contributed by atoms with Crippen molar-refractivity contribution in [1.82, 2.24) is 20.4 Å². The maximum absolute atomic E-state index is 13.2. The minimum absolute atomic E-state index is 0.0450. The molecule has 0 spiro atoms. The van der Waals surface area contributed by atoms with Crippen LogP contribution in [0, 0.1) is 5.82 Å². The molecule has 28 heavy (non-hydrogen) atoms. The molecule has 0 saturated carbocycles. The second-order valence-corrected chi connectivity index (χ2v) is 7.16. The number of nitrogens with zero attached hydrogens (tertiary/aromatic N) is 2. The summed E-state index contributed by atoms with van der Waals surface area (Å²) in [4.78, 5) is 39.8. The molecular weight excluding hydrogens is 365 g/mol. The number of urea groups is 1. The first-order valence-electron chi connectivity index (χ1n) is 9.38. The molecule has 1 aliphatic heterocycles. The summed E-state index contributed by atoms with van der Waals surface area (Å²) in [5, 5.41) is 7.62. The first-order valence-corrected chi connectivity index (χ1v) is 9.38. The molecule has 4 amide bonds. The van der Waals surface area contributed by atoms with Crippen molar-refractivity contribution in [3.8, 4) is 0 Å².